The molecule has 1 aromatic heterocycles. The van der Waals surface area contributed by atoms with Gasteiger partial charge in [0.15, 0.2) is 0 Å². The Labute approximate surface area is 162 Å². The van der Waals surface area contributed by atoms with Crippen molar-refractivity contribution in [2.75, 3.05) is 7.05 Å². The van der Waals surface area contributed by atoms with Crippen molar-refractivity contribution in [2.24, 2.45) is 10.1 Å². The molecule has 1 aromatic rings. The summed E-state index contributed by atoms with van der Waals surface area (Å²) in [7, 11) is 1.62. The van der Waals surface area contributed by atoms with Gasteiger partial charge in [-0.2, -0.15) is 5.10 Å². The van der Waals surface area contributed by atoms with Crippen LogP contribution in [0.1, 0.15) is 52.3 Å². The van der Waals surface area contributed by atoms with Crippen LogP contribution in [0.2, 0.25) is 0 Å². The number of nitrogens with zero attached hydrogens (tertiary/aromatic N) is 4. The summed E-state index contributed by atoms with van der Waals surface area (Å²) in [6.45, 7) is 13.6. The fourth-order valence-electron chi connectivity index (χ4n) is 2.02. The molecule has 6 heteroatoms. The lowest BCUT2D eigenvalue weighted by molar-refractivity contribution is -0.127. The largest absolute Gasteiger partial charge is 0.488 e. The molecule has 0 radical (unpaired) electrons. The molecular formula is C21H30N4O2. The van der Waals surface area contributed by atoms with E-state index < -0.39 is 0 Å². The van der Waals surface area contributed by atoms with Crippen LogP contribution in [0.25, 0.3) is 0 Å². The van der Waals surface area contributed by atoms with Crippen molar-refractivity contribution in [3.63, 3.8) is 0 Å². The number of rotatable bonds is 9. The van der Waals surface area contributed by atoms with Crippen LogP contribution < -0.4 is 0 Å². The van der Waals surface area contributed by atoms with Crippen molar-refractivity contribution < 1.29 is 9.53 Å². The number of hydrogen-bond donors (Lipinski definition) is 0. The van der Waals surface area contributed by atoms with Crippen molar-refractivity contribution in [3.05, 3.63) is 53.7 Å². The van der Waals surface area contributed by atoms with Gasteiger partial charge in [-0.25, -0.2) is 5.01 Å². The Balaban J connectivity index is 2.76. The Morgan fingerprint density at radius 2 is 1.96 bits per heavy atom. The van der Waals surface area contributed by atoms with E-state index in [9.17, 15) is 4.79 Å². The number of hydrazone groups is 1. The molecule has 0 spiro atoms. The molecule has 0 saturated carbocycles. The Kier molecular flexibility index (Phi) is 9.13. The summed E-state index contributed by atoms with van der Waals surface area (Å²) in [5.74, 6) is 0.399. The van der Waals surface area contributed by atoms with Crippen LogP contribution >= 0.6 is 0 Å². The lowest BCUT2D eigenvalue weighted by Crippen LogP contribution is -2.21. The van der Waals surface area contributed by atoms with E-state index in [2.05, 4.69) is 34.6 Å². The van der Waals surface area contributed by atoms with Crippen LogP contribution in [0.4, 0.5) is 0 Å². The first-order chi connectivity index (χ1) is 12.8. The second-order valence-corrected chi connectivity index (χ2v) is 6.18. The van der Waals surface area contributed by atoms with Gasteiger partial charge in [-0.1, -0.05) is 26.5 Å². The van der Waals surface area contributed by atoms with Gasteiger partial charge in [0, 0.05) is 31.9 Å². The summed E-state index contributed by atoms with van der Waals surface area (Å²) in [6, 6.07) is 4.01. The highest BCUT2D eigenvalue weighted by Gasteiger charge is 2.05. The Bertz CT molecular complexity index is 746. The Hall–Kier alpha value is -2.76. The van der Waals surface area contributed by atoms with E-state index in [0.29, 0.717) is 18.1 Å². The minimum absolute atomic E-state index is 0.129. The van der Waals surface area contributed by atoms with Gasteiger partial charge in [-0.15, -0.1) is 0 Å². The van der Waals surface area contributed by atoms with Crippen molar-refractivity contribution in [2.45, 2.75) is 54.1 Å². The standard InChI is InChI=1S/C21H30N4O2/c1-8-19-10-11-21(22-13-19)14-27-15(3)12-20(9-2)23-16(4)17(5)24-25(7)18(6)26/h10-13H,3,8-9,14H2,1-2,4-7H3/b20-12+,23-16+,24-17+. The molecular weight excluding hydrogens is 340 g/mol. The highest BCUT2D eigenvalue weighted by Crippen LogP contribution is 2.11. The van der Waals surface area contributed by atoms with E-state index in [0.717, 1.165) is 29.9 Å². The zero-order chi connectivity index (χ0) is 20.4. The van der Waals surface area contributed by atoms with Gasteiger partial charge in [-0.3, -0.25) is 14.8 Å². The summed E-state index contributed by atoms with van der Waals surface area (Å²) in [5, 5.41) is 5.51. The van der Waals surface area contributed by atoms with Crippen molar-refractivity contribution in [1.29, 1.82) is 0 Å². The normalized spacial score (nSPS) is 12.7. The van der Waals surface area contributed by atoms with Crippen LogP contribution in [0.5, 0.6) is 0 Å². The number of ether oxygens (including phenoxy) is 1. The van der Waals surface area contributed by atoms with E-state index in [4.69, 9.17) is 4.74 Å². The summed E-state index contributed by atoms with van der Waals surface area (Å²) >= 11 is 0. The van der Waals surface area contributed by atoms with Gasteiger partial charge in [0.05, 0.1) is 17.1 Å². The third kappa shape index (κ3) is 7.98. The van der Waals surface area contributed by atoms with Crippen LogP contribution in [-0.2, 0) is 22.6 Å². The third-order valence-electron chi connectivity index (χ3n) is 3.98. The molecule has 1 rings (SSSR count). The topological polar surface area (TPSA) is 67.2 Å². The number of aryl methyl sites for hydroxylation is 1. The van der Waals surface area contributed by atoms with Crippen LogP contribution in [-0.4, -0.2) is 34.4 Å². The maximum Gasteiger partial charge on any atom is 0.239 e. The Morgan fingerprint density at radius 1 is 1.26 bits per heavy atom. The molecule has 0 atom stereocenters. The number of allylic oxidation sites excluding steroid dienone is 2. The molecule has 6 nitrogen and oxygen atoms in total. The first kappa shape index (κ1) is 22.3. The second-order valence-electron chi connectivity index (χ2n) is 6.18. The minimum atomic E-state index is -0.129. The minimum Gasteiger partial charge on any atom is -0.488 e. The fourth-order valence-corrected chi connectivity index (χ4v) is 2.02. The van der Waals surface area contributed by atoms with Gasteiger partial charge in [0.25, 0.3) is 0 Å². The third-order valence-corrected chi connectivity index (χ3v) is 3.98. The molecule has 0 aliphatic carbocycles. The van der Waals surface area contributed by atoms with Crippen LogP contribution in [0, 0.1) is 0 Å². The molecule has 1 heterocycles. The molecule has 0 fully saturated rings. The average molecular weight is 370 g/mol. The monoisotopic (exact) mass is 370 g/mol. The average Bonchev–Trinajstić information content (AvgIpc) is 2.65. The summed E-state index contributed by atoms with van der Waals surface area (Å²) in [5.41, 5.74) is 4.30. The highest BCUT2D eigenvalue weighted by atomic mass is 16.5. The van der Waals surface area contributed by atoms with Gasteiger partial charge in [-0.05, 0) is 38.3 Å². The highest BCUT2D eigenvalue weighted by molar-refractivity contribution is 6.40. The van der Waals surface area contributed by atoms with E-state index in [1.807, 2.05) is 39.1 Å². The molecule has 27 heavy (non-hydrogen) atoms. The number of amides is 1. The molecule has 146 valence electrons. The molecule has 0 aliphatic heterocycles. The van der Waals surface area contributed by atoms with Crippen LogP contribution in [0.3, 0.4) is 0 Å². The second kappa shape index (κ2) is 11.1. The van der Waals surface area contributed by atoms with E-state index >= 15 is 0 Å². The van der Waals surface area contributed by atoms with E-state index in [-0.39, 0.29) is 5.91 Å². The molecule has 0 aromatic carbocycles. The van der Waals surface area contributed by atoms with E-state index in [1.165, 1.54) is 17.5 Å². The maximum atomic E-state index is 11.3. The van der Waals surface area contributed by atoms with Gasteiger partial charge < -0.3 is 4.74 Å². The van der Waals surface area contributed by atoms with Crippen molar-refractivity contribution in [3.8, 4) is 0 Å². The van der Waals surface area contributed by atoms with Crippen molar-refractivity contribution in [1.82, 2.24) is 9.99 Å². The molecule has 0 aliphatic rings. The molecule has 0 saturated heterocycles. The molecule has 0 N–H and O–H groups in total. The quantitative estimate of drug-likeness (QED) is 0.282. The number of carbonyl (C=O) groups excluding carboxylic acids is 1. The zero-order valence-electron chi connectivity index (χ0n) is 17.2. The molecule has 0 bridgehead atoms. The fraction of sp³-hybridized carbons (Fsp3) is 0.429. The molecule has 0 unspecified atom stereocenters. The SMILES string of the molecule is C=C(/C=C(CC)/N=C(C)/C(C)=N/N(C)C(C)=O)OCc1ccc(CC)cn1. The first-order valence-electron chi connectivity index (χ1n) is 9.08. The summed E-state index contributed by atoms with van der Waals surface area (Å²) < 4.78 is 5.69. The van der Waals surface area contributed by atoms with Crippen molar-refractivity contribution >= 4 is 17.3 Å². The lowest BCUT2D eigenvalue weighted by Gasteiger charge is -2.10. The van der Waals surface area contributed by atoms with Gasteiger partial charge in [0.1, 0.15) is 12.4 Å². The predicted octanol–water partition coefficient (Wildman–Crippen LogP) is 4.28. The number of aliphatic imine (C=N–C) groups is 1. The van der Waals surface area contributed by atoms with E-state index in [1.54, 1.807) is 7.05 Å². The zero-order valence-corrected chi connectivity index (χ0v) is 17.2. The number of pyridine rings is 1. The number of hydrogen-bond acceptors (Lipinski definition) is 5. The van der Waals surface area contributed by atoms with Gasteiger partial charge in [0.2, 0.25) is 5.91 Å². The summed E-state index contributed by atoms with van der Waals surface area (Å²) in [6.07, 6.45) is 5.36. The summed E-state index contributed by atoms with van der Waals surface area (Å²) in [4.78, 5) is 20.2. The smallest absolute Gasteiger partial charge is 0.239 e. The predicted molar refractivity (Wildman–Crippen MR) is 111 cm³/mol. The van der Waals surface area contributed by atoms with Gasteiger partial charge >= 0.3 is 0 Å². The number of carbonyl (C=O) groups is 1. The lowest BCUT2D eigenvalue weighted by atomic mass is 10.2. The molecule has 1 amide bonds. The van der Waals surface area contributed by atoms with Crippen LogP contribution in [0.15, 0.2) is 52.5 Å². The Morgan fingerprint density at radius 3 is 2.48 bits per heavy atom. The number of aromatic nitrogens is 1. The first-order valence-corrected chi connectivity index (χ1v) is 9.08. The maximum absolute atomic E-state index is 11.3.